The molecule has 0 spiro atoms. The van der Waals surface area contributed by atoms with Crippen molar-refractivity contribution in [1.82, 2.24) is 0 Å². The molecule has 0 N–H and O–H groups in total. The third-order valence-corrected chi connectivity index (χ3v) is 5.87. The van der Waals surface area contributed by atoms with Crippen molar-refractivity contribution in [2.24, 2.45) is 0 Å². The van der Waals surface area contributed by atoms with E-state index in [9.17, 15) is 13.2 Å². The van der Waals surface area contributed by atoms with Gasteiger partial charge in [0.05, 0.1) is 10.6 Å². The van der Waals surface area contributed by atoms with Crippen LogP contribution in [0.25, 0.3) is 0 Å². The summed E-state index contributed by atoms with van der Waals surface area (Å²) in [6.45, 7) is 2.03. The number of rotatable bonds is 5. The number of benzene rings is 1. The topological polar surface area (TPSA) is 51.2 Å². The van der Waals surface area contributed by atoms with E-state index < -0.39 is 15.1 Å². The Kier molecular flexibility index (Phi) is 4.62. The van der Waals surface area contributed by atoms with Crippen LogP contribution in [-0.4, -0.2) is 13.7 Å². The standard InChI is InChI=1S/C14H13ClO3S2/c1-2-12-6-10(8-19-12)9-20(17,18)13-5-3-4-11(7-13)14(15)16/h3-8H,2,9H2,1H3. The molecule has 0 aliphatic heterocycles. The van der Waals surface area contributed by atoms with Crippen LogP contribution in [0.5, 0.6) is 0 Å². The lowest BCUT2D eigenvalue weighted by Crippen LogP contribution is -2.05. The van der Waals surface area contributed by atoms with Crippen molar-refractivity contribution in [3.8, 4) is 0 Å². The molecule has 0 fully saturated rings. The summed E-state index contributed by atoms with van der Waals surface area (Å²) in [4.78, 5) is 12.4. The average Bonchev–Trinajstić information content (AvgIpc) is 2.86. The second-order valence-corrected chi connectivity index (χ2v) is 7.66. The van der Waals surface area contributed by atoms with E-state index in [0.29, 0.717) is 0 Å². The number of hydrogen-bond donors (Lipinski definition) is 0. The van der Waals surface area contributed by atoms with Crippen LogP contribution in [0.4, 0.5) is 0 Å². The molecule has 3 nitrogen and oxygen atoms in total. The molecule has 0 unspecified atom stereocenters. The minimum atomic E-state index is -3.47. The monoisotopic (exact) mass is 328 g/mol. The number of sulfone groups is 1. The molecule has 106 valence electrons. The molecule has 0 saturated carbocycles. The highest BCUT2D eigenvalue weighted by atomic mass is 35.5. The summed E-state index contributed by atoms with van der Waals surface area (Å²) in [7, 11) is -3.47. The van der Waals surface area contributed by atoms with Crippen LogP contribution in [0.15, 0.2) is 40.6 Å². The SMILES string of the molecule is CCc1cc(CS(=O)(=O)c2cccc(C(=O)Cl)c2)cs1. The molecule has 0 bridgehead atoms. The molecule has 0 atom stereocenters. The summed E-state index contributed by atoms with van der Waals surface area (Å²) in [5.74, 6) is -0.0660. The average molecular weight is 329 g/mol. The Labute approximate surface area is 127 Å². The molecule has 6 heteroatoms. The van der Waals surface area contributed by atoms with Gasteiger partial charge in [-0.2, -0.15) is 0 Å². The summed E-state index contributed by atoms with van der Waals surface area (Å²) in [5.41, 5.74) is 0.960. The number of carbonyl (C=O) groups is 1. The fraction of sp³-hybridized carbons (Fsp3) is 0.214. The Morgan fingerprint density at radius 1 is 1.30 bits per heavy atom. The van der Waals surface area contributed by atoms with Crippen molar-refractivity contribution < 1.29 is 13.2 Å². The first-order valence-corrected chi connectivity index (χ1v) is 8.92. The zero-order valence-corrected chi connectivity index (χ0v) is 13.2. The van der Waals surface area contributed by atoms with Crippen LogP contribution < -0.4 is 0 Å². The Morgan fingerprint density at radius 2 is 2.05 bits per heavy atom. The largest absolute Gasteiger partial charge is 0.276 e. The Bertz CT molecular complexity index is 732. The summed E-state index contributed by atoms with van der Waals surface area (Å²) < 4.78 is 24.6. The molecular weight excluding hydrogens is 316 g/mol. The maximum absolute atomic E-state index is 12.3. The van der Waals surface area contributed by atoms with Gasteiger partial charge in [0.15, 0.2) is 9.84 Å². The smallest absolute Gasteiger partial charge is 0.252 e. The van der Waals surface area contributed by atoms with Crippen LogP contribution in [0.3, 0.4) is 0 Å². The van der Waals surface area contributed by atoms with Crippen LogP contribution in [0.2, 0.25) is 0 Å². The van der Waals surface area contributed by atoms with Gasteiger partial charge in [0.25, 0.3) is 5.24 Å². The van der Waals surface area contributed by atoms with E-state index >= 15 is 0 Å². The third kappa shape index (κ3) is 3.48. The fourth-order valence-electron chi connectivity index (χ4n) is 1.80. The molecule has 2 rings (SSSR count). The van der Waals surface area contributed by atoms with Gasteiger partial charge in [-0.15, -0.1) is 11.3 Å². The maximum Gasteiger partial charge on any atom is 0.252 e. The van der Waals surface area contributed by atoms with Crippen molar-refractivity contribution in [3.05, 3.63) is 51.7 Å². The first kappa shape index (κ1) is 15.2. The van der Waals surface area contributed by atoms with Crippen LogP contribution in [0.1, 0.15) is 27.7 Å². The number of hydrogen-bond acceptors (Lipinski definition) is 4. The third-order valence-electron chi connectivity index (χ3n) is 2.83. The lowest BCUT2D eigenvalue weighted by molar-refractivity contribution is 0.108. The predicted molar refractivity (Wildman–Crippen MR) is 81.2 cm³/mol. The first-order valence-electron chi connectivity index (χ1n) is 6.01. The first-order chi connectivity index (χ1) is 9.42. The van der Waals surface area contributed by atoms with Crippen molar-refractivity contribution in [3.63, 3.8) is 0 Å². The molecule has 2 aromatic rings. The van der Waals surface area contributed by atoms with Gasteiger partial charge < -0.3 is 0 Å². The van der Waals surface area contributed by atoms with Crippen molar-refractivity contribution in [1.29, 1.82) is 0 Å². The summed E-state index contributed by atoms with van der Waals surface area (Å²) in [6.07, 6.45) is 0.890. The molecule has 0 saturated heterocycles. The second kappa shape index (κ2) is 6.08. The minimum absolute atomic E-state index is 0.0660. The molecule has 20 heavy (non-hydrogen) atoms. The highest BCUT2D eigenvalue weighted by Crippen LogP contribution is 2.22. The lowest BCUT2D eigenvalue weighted by atomic mass is 10.2. The van der Waals surface area contributed by atoms with Gasteiger partial charge in [-0.05, 0) is 47.2 Å². The lowest BCUT2D eigenvalue weighted by Gasteiger charge is -2.04. The Morgan fingerprint density at radius 3 is 2.65 bits per heavy atom. The van der Waals surface area contributed by atoms with Crippen LogP contribution in [0, 0.1) is 0 Å². The van der Waals surface area contributed by atoms with Gasteiger partial charge in [0.2, 0.25) is 0 Å². The summed E-state index contributed by atoms with van der Waals surface area (Å²) in [5, 5.41) is 1.19. The predicted octanol–water partition coefficient (Wildman–Crippen LogP) is 3.66. The van der Waals surface area contributed by atoms with E-state index in [0.717, 1.165) is 16.9 Å². The maximum atomic E-state index is 12.3. The zero-order chi connectivity index (χ0) is 14.8. The molecule has 0 amide bonds. The second-order valence-electron chi connectivity index (χ2n) is 4.34. The molecule has 0 aliphatic carbocycles. The van der Waals surface area contributed by atoms with Gasteiger partial charge in [-0.25, -0.2) is 8.42 Å². The van der Waals surface area contributed by atoms with Crippen molar-refractivity contribution >= 4 is 38.0 Å². The van der Waals surface area contributed by atoms with Crippen molar-refractivity contribution in [2.45, 2.75) is 24.0 Å². The van der Waals surface area contributed by atoms with E-state index in [2.05, 4.69) is 0 Å². The number of thiophene rings is 1. The highest BCUT2D eigenvalue weighted by Gasteiger charge is 2.17. The molecule has 1 heterocycles. The number of aryl methyl sites for hydroxylation is 1. The fourth-order valence-corrected chi connectivity index (χ4v) is 4.23. The summed E-state index contributed by atoms with van der Waals surface area (Å²) in [6, 6.07) is 7.71. The molecular formula is C14H13ClO3S2. The van der Waals surface area contributed by atoms with Gasteiger partial charge in [0, 0.05) is 10.4 Å². The van der Waals surface area contributed by atoms with Gasteiger partial charge in [-0.3, -0.25) is 4.79 Å². The van der Waals surface area contributed by atoms with Gasteiger partial charge in [0.1, 0.15) is 0 Å². The molecule has 1 aromatic heterocycles. The number of halogens is 1. The zero-order valence-electron chi connectivity index (χ0n) is 10.8. The number of carbonyl (C=O) groups excluding carboxylic acids is 1. The normalized spacial score (nSPS) is 11.5. The minimum Gasteiger partial charge on any atom is -0.276 e. The van der Waals surface area contributed by atoms with E-state index in [-0.39, 0.29) is 16.2 Å². The van der Waals surface area contributed by atoms with Gasteiger partial charge in [-0.1, -0.05) is 19.1 Å². The highest BCUT2D eigenvalue weighted by molar-refractivity contribution is 7.90. The van der Waals surface area contributed by atoms with E-state index in [1.807, 2.05) is 18.4 Å². The van der Waals surface area contributed by atoms with Crippen LogP contribution in [-0.2, 0) is 22.0 Å². The Balaban J connectivity index is 2.30. The summed E-state index contributed by atoms with van der Waals surface area (Å²) >= 11 is 6.93. The van der Waals surface area contributed by atoms with Crippen molar-refractivity contribution in [2.75, 3.05) is 0 Å². The van der Waals surface area contributed by atoms with Crippen LogP contribution >= 0.6 is 22.9 Å². The van der Waals surface area contributed by atoms with E-state index in [4.69, 9.17) is 11.6 Å². The molecule has 0 radical (unpaired) electrons. The van der Waals surface area contributed by atoms with Gasteiger partial charge >= 0.3 is 0 Å². The molecule has 1 aromatic carbocycles. The van der Waals surface area contributed by atoms with E-state index in [1.165, 1.54) is 24.3 Å². The Hall–Kier alpha value is -1.17. The molecule has 0 aliphatic rings. The quantitative estimate of drug-likeness (QED) is 0.787. The van der Waals surface area contributed by atoms with E-state index in [1.54, 1.807) is 11.3 Å².